The summed E-state index contributed by atoms with van der Waals surface area (Å²) in [5.41, 5.74) is 0. The minimum absolute atomic E-state index is 0.431. The molecule has 3 nitrogen and oxygen atoms in total. The summed E-state index contributed by atoms with van der Waals surface area (Å²) in [5, 5.41) is 3.27. The molecule has 0 aliphatic rings. The second-order valence-corrected chi connectivity index (χ2v) is 5.57. The third kappa shape index (κ3) is 3.74. The fraction of sp³-hybridized carbons (Fsp3) is 0.100. The van der Waals surface area contributed by atoms with Crippen molar-refractivity contribution in [3.8, 4) is 0 Å². The van der Waals surface area contributed by atoms with Crippen LogP contribution in [0.4, 0.5) is 0 Å². The fourth-order valence-electron chi connectivity index (χ4n) is 1.05. The number of hydrogen-bond acceptors (Lipinski definition) is 5. The first-order chi connectivity index (χ1) is 8.17. The highest BCUT2D eigenvalue weighted by Crippen LogP contribution is 2.27. The van der Waals surface area contributed by atoms with Crippen molar-refractivity contribution in [1.82, 2.24) is 15.0 Å². The lowest BCUT2D eigenvalue weighted by Crippen LogP contribution is -1.89. The molecule has 0 amide bonds. The normalized spacial score (nSPS) is 10.5. The van der Waals surface area contributed by atoms with Crippen LogP contribution in [-0.2, 0) is 0 Å². The van der Waals surface area contributed by atoms with E-state index >= 15 is 0 Å². The van der Waals surface area contributed by atoms with Crippen LogP contribution in [-0.4, -0.2) is 21.2 Å². The van der Waals surface area contributed by atoms with E-state index in [2.05, 4.69) is 15.0 Å². The topological polar surface area (TPSA) is 38.7 Å². The highest BCUT2D eigenvalue weighted by molar-refractivity contribution is 7.99. The van der Waals surface area contributed by atoms with Gasteiger partial charge in [0.05, 0.1) is 5.02 Å². The van der Waals surface area contributed by atoms with Gasteiger partial charge >= 0.3 is 0 Å². The lowest BCUT2D eigenvalue weighted by atomic mass is 10.5. The quantitative estimate of drug-likeness (QED) is 0.486. The molecule has 0 radical (unpaired) electrons. The smallest absolute Gasteiger partial charge is 0.189 e. The summed E-state index contributed by atoms with van der Waals surface area (Å²) in [5.74, 6) is 0. The number of thioether (sulfide) groups is 1. The highest BCUT2D eigenvalue weighted by atomic mass is 35.5. The first kappa shape index (κ1) is 13.0. The number of pyridine rings is 1. The van der Waals surface area contributed by atoms with Crippen molar-refractivity contribution in [3.63, 3.8) is 0 Å². The predicted octanol–water partition coefficient (Wildman–Crippen LogP) is 4.05. The summed E-state index contributed by atoms with van der Waals surface area (Å²) >= 11 is 14.5. The van der Waals surface area contributed by atoms with Crippen molar-refractivity contribution in [2.75, 3.05) is 6.26 Å². The number of halogens is 2. The van der Waals surface area contributed by atoms with Crippen LogP contribution < -0.4 is 0 Å². The maximum atomic E-state index is 5.90. The molecule has 0 unspecified atom stereocenters. The van der Waals surface area contributed by atoms with Crippen LogP contribution >= 0.6 is 46.7 Å². The standard InChI is InChI=1S/C10H7Cl2N3S2/c1-16-10-14-7(12)4-9(15-10)17-8-3-2-6(11)5-13-8/h2-5H,1H3. The lowest BCUT2D eigenvalue weighted by Gasteiger charge is -2.02. The van der Waals surface area contributed by atoms with Gasteiger partial charge in [0.15, 0.2) is 5.16 Å². The van der Waals surface area contributed by atoms with Gasteiger partial charge in [-0.05, 0) is 30.2 Å². The van der Waals surface area contributed by atoms with Gasteiger partial charge in [-0.2, -0.15) is 0 Å². The summed E-state index contributed by atoms with van der Waals surface area (Å²) in [6.07, 6.45) is 3.50. The summed E-state index contributed by atoms with van der Waals surface area (Å²) in [6, 6.07) is 5.33. The van der Waals surface area contributed by atoms with Gasteiger partial charge in [-0.25, -0.2) is 15.0 Å². The van der Waals surface area contributed by atoms with Crippen molar-refractivity contribution in [3.05, 3.63) is 34.6 Å². The zero-order chi connectivity index (χ0) is 12.3. The molecule has 0 N–H and O–H groups in total. The Morgan fingerprint density at radius 1 is 1.12 bits per heavy atom. The average molecular weight is 304 g/mol. The molecule has 17 heavy (non-hydrogen) atoms. The van der Waals surface area contributed by atoms with Crippen LogP contribution in [0.5, 0.6) is 0 Å². The molecule has 0 saturated heterocycles. The van der Waals surface area contributed by atoms with Crippen LogP contribution in [0, 0.1) is 0 Å². The number of rotatable bonds is 3. The van der Waals surface area contributed by atoms with Crippen LogP contribution in [0.2, 0.25) is 10.2 Å². The molecule has 0 bridgehead atoms. The van der Waals surface area contributed by atoms with Gasteiger partial charge in [0.2, 0.25) is 0 Å². The van der Waals surface area contributed by atoms with Gasteiger partial charge in [-0.3, -0.25) is 0 Å². The summed E-state index contributed by atoms with van der Waals surface area (Å²) < 4.78 is 0. The van der Waals surface area contributed by atoms with Crippen LogP contribution in [0.1, 0.15) is 0 Å². The molecule has 2 heterocycles. The molecule has 0 aromatic carbocycles. The Hall–Kier alpha value is -0.490. The highest BCUT2D eigenvalue weighted by Gasteiger charge is 2.05. The summed E-state index contributed by atoms with van der Waals surface area (Å²) in [4.78, 5) is 12.6. The first-order valence-electron chi connectivity index (χ1n) is 4.55. The molecule has 0 atom stereocenters. The van der Waals surface area contributed by atoms with E-state index in [0.717, 1.165) is 10.1 Å². The maximum absolute atomic E-state index is 5.90. The van der Waals surface area contributed by atoms with E-state index in [-0.39, 0.29) is 0 Å². The third-order valence-electron chi connectivity index (χ3n) is 1.74. The number of hydrogen-bond donors (Lipinski definition) is 0. The second-order valence-electron chi connectivity index (χ2n) is 2.93. The Morgan fingerprint density at radius 2 is 1.94 bits per heavy atom. The fourth-order valence-corrected chi connectivity index (χ4v) is 2.66. The van der Waals surface area contributed by atoms with E-state index in [1.165, 1.54) is 23.5 Å². The van der Waals surface area contributed by atoms with Gasteiger partial charge in [-0.15, -0.1) is 0 Å². The number of nitrogens with zero attached hydrogens (tertiary/aromatic N) is 3. The average Bonchev–Trinajstić information content (AvgIpc) is 2.31. The molecule has 0 saturated carbocycles. The zero-order valence-electron chi connectivity index (χ0n) is 8.72. The predicted molar refractivity (Wildman–Crippen MR) is 72.2 cm³/mol. The van der Waals surface area contributed by atoms with E-state index in [9.17, 15) is 0 Å². The van der Waals surface area contributed by atoms with Crippen LogP contribution in [0.15, 0.2) is 39.6 Å². The molecular formula is C10H7Cl2N3S2. The SMILES string of the molecule is CSc1nc(Cl)cc(Sc2ccc(Cl)cn2)n1. The van der Waals surface area contributed by atoms with Crippen molar-refractivity contribution in [2.45, 2.75) is 15.2 Å². The van der Waals surface area contributed by atoms with Crippen molar-refractivity contribution < 1.29 is 0 Å². The summed E-state index contributed by atoms with van der Waals surface area (Å²) in [7, 11) is 0. The first-order valence-corrected chi connectivity index (χ1v) is 7.35. The summed E-state index contributed by atoms with van der Waals surface area (Å²) in [6.45, 7) is 0. The van der Waals surface area contributed by atoms with E-state index in [4.69, 9.17) is 23.2 Å². The van der Waals surface area contributed by atoms with Crippen LogP contribution in [0.3, 0.4) is 0 Å². The molecule has 2 aromatic rings. The molecule has 2 aromatic heterocycles. The molecule has 0 spiro atoms. The minimum Gasteiger partial charge on any atom is -0.248 e. The van der Waals surface area contributed by atoms with Crippen LogP contribution in [0.25, 0.3) is 0 Å². The molecule has 0 aliphatic heterocycles. The molecule has 0 aliphatic carbocycles. The molecule has 7 heteroatoms. The zero-order valence-corrected chi connectivity index (χ0v) is 11.9. The monoisotopic (exact) mass is 303 g/mol. The number of aromatic nitrogens is 3. The Kier molecular flexibility index (Phi) is 4.50. The second kappa shape index (κ2) is 5.91. The van der Waals surface area contributed by atoms with Gasteiger partial charge in [0.25, 0.3) is 0 Å². The van der Waals surface area contributed by atoms with Gasteiger partial charge in [0, 0.05) is 12.3 Å². The third-order valence-corrected chi connectivity index (χ3v) is 3.58. The van der Waals surface area contributed by atoms with Crippen molar-refractivity contribution in [2.24, 2.45) is 0 Å². The Bertz CT molecular complexity index is 519. The lowest BCUT2D eigenvalue weighted by molar-refractivity contribution is 0.892. The van der Waals surface area contributed by atoms with E-state index in [0.29, 0.717) is 15.3 Å². The Balaban J connectivity index is 2.23. The Labute approximate surface area is 117 Å². The molecule has 0 fully saturated rings. The van der Waals surface area contributed by atoms with Gasteiger partial charge < -0.3 is 0 Å². The molecular weight excluding hydrogens is 297 g/mol. The van der Waals surface area contributed by atoms with E-state index in [1.54, 1.807) is 18.3 Å². The molecule has 2 rings (SSSR count). The minimum atomic E-state index is 0.431. The van der Waals surface area contributed by atoms with E-state index < -0.39 is 0 Å². The maximum Gasteiger partial charge on any atom is 0.189 e. The largest absolute Gasteiger partial charge is 0.248 e. The molecule has 88 valence electrons. The van der Waals surface area contributed by atoms with Gasteiger partial charge in [0.1, 0.15) is 15.2 Å². The van der Waals surface area contributed by atoms with Crippen molar-refractivity contribution in [1.29, 1.82) is 0 Å². The van der Waals surface area contributed by atoms with Crippen molar-refractivity contribution >= 4 is 46.7 Å². The Morgan fingerprint density at radius 3 is 2.59 bits per heavy atom. The van der Waals surface area contributed by atoms with Gasteiger partial charge in [-0.1, -0.05) is 35.0 Å². The van der Waals surface area contributed by atoms with E-state index in [1.807, 2.05) is 12.3 Å².